The van der Waals surface area contributed by atoms with Crippen LogP contribution in [0.5, 0.6) is 0 Å². The molecular weight excluding hydrogens is 1220 g/mol. The van der Waals surface area contributed by atoms with Crippen LogP contribution in [0.2, 0.25) is 0 Å². The maximum Gasteiger partial charge on any atom is 0.326 e. The fourth-order valence-corrected chi connectivity index (χ4v) is 8.09. The van der Waals surface area contributed by atoms with E-state index in [4.69, 9.17) is 56.4 Å². The standard InChI is InChI=1S/C52H93N23O17/c1-23(2)38(48(90)73-30(12-16-34(54)76)46(88)74-33(49(91)92)14-18-36(56)78)75-47(89)31(13-17-35(55)77)72-44(86)29(11-8-22-65-52(61)62)71-45(87)32(15-19-37(79)80)69-41(83)26(5)67-39(81)24(3)66-40(82)25(4)68-43(85)28(10-7-21-64-51(59)60)70-42(84)27(53)9-6-20-63-50(57)58/h23-33,38H,6-22,53H2,1-5H3,(H2,54,76)(H2,55,77)(H2,56,78)(H,66,82)(H,67,81)(H,68,85)(H,69,83)(H,70,84)(H,71,87)(H,72,86)(H,73,90)(H,74,88)(H,75,89)(H,79,80)(H,91,92)(H4,57,58,63)(H4,59,60,64)(H4,61,62,65)/t24-,25-,26-,27-,28-,29-,30-,31-,32-,33-,38-/m0/s1. The lowest BCUT2D eigenvalue weighted by molar-refractivity contribution is -0.143. The van der Waals surface area contributed by atoms with Crippen molar-refractivity contribution in [3.05, 3.63) is 0 Å². The lowest BCUT2D eigenvalue weighted by atomic mass is 10.0. The van der Waals surface area contributed by atoms with Crippen LogP contribution >= 0.6 is 0 Å². The molecule has 40 heteroatoms. The molecule has 0 saturated heterocycles. The summed E-state index contributed by atoms with van der Waals surface area (Å²) >= 11 is 0. The van der Waals surface area contributed by atoms with Gasteiger partial charge in [-0.25, -0.2) is 4.79 Å². The Bertz CT molecular complexity index is 2650. The molecule has 0 aliphatic heterocycles. The van der Waals surface area contributed by atoms with Crippen molar-refractivity contribution in [2.24, 2.45) is 46.1 Å². The SMILES string of the molecule is CC(C)[C@H](NC(=O)[C@H](CCC(N)=O)NC(=O)[C@H](CCCNC(=N)N)NC(=O)[C@H](CCC(=O)O)NC(=O)[C@H](C)NC(=O)[C@H](C)NC(=O)[C@H](C)NC(=O)[C@H](CCCNC(=N)N)NC(=O)[C@@H](N)CCCNC(=N)N)C(=O)N[C@@H](CCC(N)=O)C(=O)N[C@@H](CCC(N)=O)C(=O)O. The van der Waals surface area contributed by atoms with Crippen molar-refractivity contribution in [2.45, 2.75) is 191 Å². The molecule has 92 heavy (non-hydrogen) atoms. The summed E-state index contributed by atoms with van der Waals surface area (Å²) in [6, 6.07) is -16.6. The number of carboxylic acids is 2. The highest BCUT2D eigenvalue weighted by Gasteiger charge is 2.36. The number of nitrogens with two attached hydrogens (primary N) is 7. The summed E-state index contributed by atoms with van der Waals surface area (Å²) in [4.78, 5) is 195. The molecule has 0 radical (unpaired) electrons. The van der Waals surface area contributed by atoms with Crippen LogP contribution in [-0.4, -0.2) is 203 Å². The second kappa shape index (κ2) is 42.7. The zero-order valence-electron chi connectivity index (χ0n) is 52.0. The number of nitrogens with one attached hydrogen (secondary N) is 16. The van der Waals surface area contributed by atoms with E-state index in [1.165, 1.54) is 34.6 Å². The fraction of sp³-hybridized carbons (Fsp3) is 0.654. The van der Waals surface area contributed by atoms with Gasteiger partial charge in [0.25, 0.3) is 0 Å². The van der Waals surface area contributed by atoms with E-state index in [-0.39, 0.29) is 63.7 Å². The lowest BCUT2D eigenvalue weighted by Gasteiger charge is -2.29. The molecule has 0 spiro atoms. The number of primary amides is 3. The third kappa shape index (κ3) is 35.1. The fourth-order valence-electron chi connectivity index (χ4n) is 8.09. The predicted octanol–water partition coefficient (Wildman–Crippen LogP) is -9.59. The van der Waals surface area contributed by atoms with Crippen molar-refractivity contribution in [2.75, 3.05) is 19.6 Å². The molecule has 11 atom stereocenters. The molecular formula is C52H93N23O17. The summed E-state index contributed by atoms with van der Waals surface area (Å²) in [5.41, 5.74) is 37.8. The van der Waals surface area contributed by atoms with E-state index in [0.29, 0.717) is 6.42 Å². The summed E-state index contributed by atoms with van der Waals surface area (Å²) in [5, 5.41) is 72.7. The first-order valence-electron chi connectivity index (χ1n) is 29.2. The number of hydrogen-bond acceptors (Lipinski definition) is 19. The maximum atomic E-state index is 14.2. The topological polar surface area (TPSA) is 707 Å². The Morgan fingerprint density at radius 2 is 0.609 bits per heavy atom. The van der Waals surface area contributed by atoms with E-state index >= 15 is 0 Å². The van der Waals surface area contributed by atoms with Crippen molar-refractivity contribution >= 4 is 107 Å². The highest BCUT2D eigenvalue weighted by Crippen LogP contribution is 2.11. The smallest absolute Gasteiger partial charge is 0.326 e. The first kappa shape index (κ1) is 81.8. The molecule has 13 amide bonds. The van der Waals surface area contributed by atoms with Crippen LogP contribution in [0.1, 0.15) is 125 Å². The summed E-state index contributed by atoms with van der Waals surface area (Å²) in [7, 11) is 0. The van der Waals surface area contributed by atoms with Crippen LogP contribution < -0.4 is 109 Å². The Balaban J connectivity index is 6.56. The Morgan fingerprint density at radius 3 is 0.957 bits per heavy atom. The Morgan fingerprint density at radius 1 is 0.337 bits per heavy atom. The number of rotatable bonds is 46. The number of guanidine groups is 3. The van der Waals surface area contributed by atoms with E-state index in [0.717, 1.165) is 0 Å². The Kier molecular flexibility index (Phi) is 38.0. The van der Waals surface area contributed by atoms with Gasteiger partial charge in [0.2, 0.25) is 76.8 Å². The van der Waals surface area contributed by atoms with Crippen molar-refractivity contribution < 1.29 is 82.1 Å². The van der Waals surface area contributed by atoms with Crippen molar-refractivity contribution in [3.63, 3.8) is 0 Å². The molecule has 0 aliphatic rings. The van der Waals surface area contributed by atoms with Gasteiger partial charge in [0.15, 0.2) is 17.9 Å². The zero-order chi connectivity index (χ0) is 70.5. The van der Waals surface area contributed by atoms with E-state index in [2.05, 4.69) is 69.1 Å². The molecule has 0 aliphatic carbocycles. The number of amides is 13. The van der Waals surface area contributed by atoms with E-state index in [9.17, 15) is 82.1 Å². The van der Waals surface area contributed by atoms with Crippen molar-refractivity contribution in [1.82, 2.24) is 69.1 Å². The number of carbonyl (C=O) groups excluding carboxylic acids is 13. The number of aliphatic carboxylic acids is 2. The summed E-state index contributed by atoms with van der Waals surface area (Å²) in [6.07, 6.45) is -3.96. The average Bonchev–Trinajstić information content (AvgIpc) is 1.03. The van der Waals surface area contributed by atoms with Gasteiger partial charge in [-0.15, -0.1) is 0 Å². The van der Waals surface area contributed by atoms with Gasteiger partial charge >= 0.3 is 11.9 Å². The summed E-state index contributed by atoms with van der Waals surface area (Å²) < 4.78 is 0. The molecule has 40 nitrogen and oxygen atoms in total. The van der Waals surface area contributed by atoms with Gasteiger partial charge in [0.1, 0.15) is 60.4 Å². The Labute approximate surface area is 529 Å². The Hall–Kier alpha value is -10.2. The highest BCUT2D eigenvalue weighted by atomic mass is 16.4. The molecule has 0 aromatic carbocycles. The van der Waals surface area contributed by atoms with Gasteiger partial charge in [-0.2, -0.15) is 0 Å². The van der Waals surface area contributed by atoms with Gasteiger partial charge in [0.05, 0.1) is 6.04 Å². The van der Waals surface area contributed by atoms with Gasteiger partial charge in [0, 0.05) is 45.3 Å². The van der Waals surface area contributed by atoms with Crippen LogP contribution in [-0.2, 0) is 71.9 Å². The molecule has 32 N–H and O–H groups in total. The lowest BCUT2D eigenvalue weighted by Crippen LogP contribution is -2.61. The predicted molar refractivity (Wildman–Crippen MR) is 326 cm³/mol. The molecule has 0 rings (SSSR count). The summed E-state index contributed by atoms with van der Waals surface area (Å²) in [6.45, 7) is 6.89. The quantitative estimate of drug-likeness (QED) is 0.0153. The minimum absolute atomic E-state index is 0.00685. The zero-order valence-corrected chi connectivity index (χ0v) is 52.0. The van der Waals surface area contributed by atoms with Gasteiger partial charge in [-0.3, -0.25) is 83.4 Å². The molecule has 0 aromatic heterocycles. The minimum Gasteiger partial charge on any atom is -0.481 e. The monoisotopic (exact) mass is 1310 g/mol. The molecule has 0 unspecified atom stereocenters. The highest BCUT2D eigenvalue weighted by molar-refractivity contribution is 5.99. The summed E-state index contributed by atoms with van der Waals surface area (Å²) in [5.74, 6) is -17.8. The normalized spacial score (nSPS) is 14.4. The van der Waals surface area contributed by atoms with Crippen LogP contribution in [0.15, 0.2) is 0 Å². The molecule has 0 bridgehead atoms. The molecule has 0 fully saturated rings. The van der Waals surface area contributed by atoms with Gasteiger partial charge in [-0.1, -0.05) is 13.8 Å². The second-order valence-electron chi connectivity index (χ2n) is 21.6. The van der Waals surface area contributed by atoms with E-state index in [1.54, 1.807) is 0 Å². The van der Waals surface area contributed by atoms with Crippen LogP contribution in [0, 0.1) is 22.1 Å². The first-order valence-corrected chi connectivity index (χ1v) is 29.2. The van der Waals surface area contributed by atoms with Crippen molar-refractivity contribution in [1.29, 1.82) is 16.2 Å². The molecule has 0 aromatic rings. The number of hydrogen-bond donors (Lipinski definition) is 25. The van der Waals surface area contributed by atoms with Crippen LogP contribution in [0.3, 0.4) is 0 Å². The number of carboxylic acid groups (broad SMARTS) is 2. The van der Waals surface area contributed by atoms with Crippen LogP contribution in [0.25, 0.3) is 0 Å². The van der Waals surface area contributed by atoms with E-state index < -0.39 is 218 Å². The minimum atomic E-state index is -1.76. The van der Waals surface area contributed by atoms with E-state index in [1.807, 2.05) is 0 Å². The number of carbonyl (C=O) groups is 15. The maximum absolute atomic E-state index is 14.2. The first-order chi connectivity index (χ1) is 42.9. The van der Waals surface area contributed by atoms with Gasteiger partial charge in [-0.05, 0) is 90.9 Å². The molecule has 518 valence electrons. The van der Waals surface area contributed by atoms with Gasteiger partial charge < -0.3 is 119 Å². The molecule has 0 saturated carbocycles. The van der Waals surface area contributed by atoms with Crippen molar-refractivity contribution in [3.8, 4) is 0 Å². The second-order valence-corrected chi connectivity index (χ2v) is 21.6. The molecule has 0 heterocycles. The third-order valence-electron chi connectivity index (χ3n) is 13.3. The van der Waals surface area contributed by atoms with Crippen LogP contribution in [0.4, 0.5) is 0 Å². The average molecular weight is 1310 g/mol. The largest absolute Gasteiger partial charge is 0.481 e. The third-order valence-corrected chi connectivity index (χ3v) is 13.3.